The lowest BCUT2D eigenvalue weighted by atomic mass is 10.1. The molecule has 1 amide bonds. The van der Waals surface area contributed by atoms with E-state index in [4.69, 9.17) is 11.5 Å². The Hall–Kier alpha value is -3.87. The predicted molar refractivity (Wildman–Crippen MR) is 102 cm³/mol. The van der Waals surface area contributed by atoms with Gasteiger partial charge in [-0.3, -0.25) is 4.79 Å². The Morgan fingerprint density at radius 3 is 2.65 bits per heavy atom. The lowest BCUT2D eigenvalue weighted by molar-refractivity contribution is 0.100. The van der Waals surface area contributed by atoms with Crippen molar-refractivity contribution >= 4 is 34.1 Å². The monoisotopic (exact) mass is 344 g/mol. The number of carbonyl (C=O) groups is 1. The van der Waals surface area contributed by atoms with Gasteiger partial charge >= 0.3 is 0 Å². The summed E-state index contributed by atoms with van der Waals surface area (Å²) in [6.07, 6.45) is 3.47. The molecule has 2 heterocycles. The number of nitrogens with two attached hydrogens (primary N) is 2. The fraction of sp³-hybridized carbons (Fsp3) is 0. The molecule has 2 aromatic heterocycles. The van der Waals surface area contributed by atoms with Crippen LogP contribution in [-0.4, -0.2) is 20.9 Å². The van der Waals surface area contributed by atoms with E-state index in [2.05, 4.69) is 20.3 Å². The SMILES string of the molecule is NC(=O)c1ccc(-c2cnc(N)c(Nc3cccc4[nH]ccc34)n2)cc1. The number of benzene rings is 2. The molecule has 0 atom stereocenters. The van der Waals surface area contributed by atoms with E-state index in [0.717, 1.165) is 22.2 Å². The molecule has 2 aromatic carbocycles. The number of fused-ring (bicyclic) bond motifs is 1. The smallest absolute Gasteiger partial charge is 0.248 e. The lowest BCUT2D eigenvalue weighted by Crippen LogP contribution is -2.10. The molecule has 0 saturated heterocycles. The highest BCUT2D eigenvalue weighted by Gasteiger charge is 2.10. The molecule has 6 N–H and O–H groups in total. The second-order valence-corrected chi connectivity index (χ2v) is 5.80. The average Bonchev–Trinajstić information content (AvgIpc) is 3.13. The largest absolute Gasteiger partial charge is 0.381 e. The maximum absolute atomic E-state index is 11.2. The lowest BCUT2D eigenvalue weighted by Gasteiger charge is -2.11. The maximum Gasteiger partial charge on any atom is 0.248 e. The number of rotatable bonds is 4. The van der Waals surface area contributed by atoms with Crippen LogP contribution in [-0.2, 0) is 0 Å². The Balaban J connectivity index is 1.70. The summed E-state index contributed by atoms with van der Waals surface area (Å²) >= 11 is 0. The van der Waals surface area contributed by atoms with E-state index in [-0.39, 0.29) is 0 Å². The second-order valence-electron chi connectivity index (χ2n) is 5.80. The number of nitrogens with one attached hydrogen (secondary N) is 2. The summed E-state index contributed by atoms with van der Waals surface area (Å²) in [6, 6.07) is 14.7. The first-order valence-electron chi connectivity index (χ1n) is 7.98. The first-order chi connectivity index (χ1) is 12.6. The second kappa shape index (κ2) is 6.21. The first kappa shape index (κ1) is 15.6. The molecule has 128 valence electrons. The fourth-order valence-electron chi connectivity index (χ4n) is 2.76. The van der Waals surface area contributed by atoms with Gasteiger partial charge in [0.15, 0.2) is 11.6 Å². The van der Waals surface area contributed by atoms with Gasteiger partial charge in [0.2, 0.25) is 5.91 Å². The highest BCUT2D eigenvalue weighted by molar-refractivity contribution is 5.94. The van der Waals surface area contributed by atoms with Crippen molar-refractivity contribution in [1.29, 1.82) is 0 Å². The van der Waals surface area contributed by atoms with E-state index in [1.54, 1.807) is 30.5 Å². The van der Waals surface area contributed by atoms with Crippen LogP contribution in [0.15, 0.2) is 60.9 Å². The van der Waals surface area contributed by atoms with Crippen molar-refractivity contribution < 1.29 is 4.79 Å². The van der Waals surface area contributed by atoms with E-state index < -0.39 is 5.91 Å². The summed E-state index contributed by atoms with van der Waals surface area (Å²) in [5.74, 6) is 0.298. The van der Waals surface area contributed by atoms with E-state index in [1.165, 1.54) is 0 Å². The number of hydrogen-bond donors (Lipinski definition) is 4. The molecular weight excluding hydrogens is 328 g/mol. The van der Waals surface area contributed by atoms with Gasteiger partial charge in [-0.05, 0) is 30.3 Å². The molecule has 0 spiro atoms. The van der Waals surface area contributed by atoms with Gasteiger partial charge < -0.3 is 21.8 Å². The standard InChI is InChI=1S/C19H16N6O/c20-17-19(24-15-3-1-2-14-13(15)8-9-22-14)25-16(10-23-17)11-4-6-12(7-5-11)18(21)26/h1-10,22H,(H2,20,23)(H2,21,26)(H,24,25). The molecule has 4 rings (SSSR count). The summed E-state index contributed by atoms with van der Waals surface area (Å²) in [7, 11) is 0. The van der Waals surface area contributed by atoms with Crippen molar-refractivity contribution in [1.82, 2.24) is 15.0 Å². The van der Waals surface area contributed by atoms with Gasteiger partial charge in [-0.2, -0.15) is 0 Å². The number of primary amides is 1. The van der Waals surface area contributed by atoms with Crippen LogP contribution < -0.4 is 16.8 Å². The Morgan fingerprint density at radius 1 is 1.08 bits per heavy atom. The summed E-state index contributed by atoms with van der Waals surface area (Å²) in [6.45, 7) is 0. The molecule has 0 aliphatic heterocycles. The highest BCUT2D eigenvalue weighted by atomic mass is 16.1. The zero-order chi connectivity index (χ0) is 18.1. The van der Waals surface area contributed by atoms with E-state index >= 15 is 0 Å². The van der Waals surface area contributed by atoms with Gasteiger partial charge in [-0.1, -0.05) is 18.2 Å². The van der Waals surface area contributed by atoms with Crippen LogP contribution in [0.5, 0.6) is 0 Å². The number of nitrogen functional groups attached to an aromatic ring is 1. The van der Waals surface area contributed by atoms with Crippen LogP contribution >= 0.6 is 0 Å². The van der Waals surface area contributed by atoms with Crippen molar-refractivity contribution in [3.63, 3.8) is 0 Å². The number of anilines is 3. The predicted octanol–water partition coefficient (Wildman–Crippen LogP) is 3.05. The van der Waals surface area contributed by atoms with Crippen molar-refractivity contribution in [2.45, 2.75) is 0 Å². The van der Waals surface area contributed by atoms with Crippen LogP contribution in [0.2, 0.25) is 0 Å². The average molecular weight is 344 g/mol. The normalized spacial score (nSPS) is 10.8. The highest BCUT2D eigenvalue weighted by Crippen LogP contribution is 2.28. The third kappa shape index (κ3) is 2.82. The molecule has 0 saturated carbocycles. The van der Waals surface area contributed by atoms with Gasteiger partial charge in [0.05, 0.1) is 11.9 Å². The topological polar surface area (TPSA) is 123 Å². The van der Waals surface area contributed by atoms with Gasteiger partial charge in [-0.15, -0.1) is 0 Å². The Labute approximate surface area is 149 Å². The van der Waals surface area contributed by atoms with Gasteiger partial charge in [-0.25, -0.2) is 9.97 Å². The minimum absolute atomic E-state index is 0.301. The van der Waals surface area contributed by atoms with Gasteiger partial charge in [0.25, 0.3) is 0 Å². The molecule has 7 heteroatoms. The summed E-state index contributed by atoms with van der Waals surface area (Å²) in [5, 5.41) is 4.28. The Kier molecular flexibility index (Phi) is 3.74. The van der Waals surface area contributed by atoms with Crippen LogP contribution in [0, 0.1) is 0 Å². The zero-order valence-corrected chi connectivity index (χ0v) is 13.7. The Bertz CT molecular complexity index is 1100. The minimum atomic E-state index is -0.470. The quantitative estimate of drug-likeness (QED) is 0.453. The van der Waals surface area contributed by atoms with E-state index in [0.29, 0.717) is 22.9 Å². The number of aromatic amines is 1. The van der Waals surface area contributed by atoms with Gasteiger partial charge in [0.1, 0.15) is 0 Å². The summed E-state index contributed by atoms with van der Waals surface area (Å²) in [4.78, 5) is 23.2. The fourth-order valence-corrected chi connectivity index (χ4v) is 2.76. The molecule has 0 aliphatic rings. The molecule has 0 aliphatic carbocycles. The Morgan fingerprint density at radius 2 is 1.88 bits per heavy atom. The third-order valence-electron chi connectivity index (χ3n) is 4.11. The van der Waals surface area contributed by atoms with Crippen LogP contribution in [0.4, 0.5) is 17.3 Å². The first-order valence-corrected chi connectivity index (χ1v) is 7.98. The number of amides is 1. The molecule has 0 bridgehead atoms. The number of nitrogens with zero attached hydrogens (tertiary/aromatic N) is 2. The molecule has 4 aromatic rings. The molecule has 7 nitrogen and oxygen atoms in total. The van der Waals surface area contributed by atoms with Crippen LogP contribution in [0.3, 0.4) is 0 Å². The molecule has 26 heavy (non-hydrogen) atoms. The van der Waals surface area contributed by atoms with Crippen molar-refractivity contribution in [3.05, 3.63) is 66.5 Å². The maximum atomic E-state index is 11.2. The minimum Gasteiger partial charge on any atom is -0.381 e. The molecule has 0 fully saturated rings. The van der Waals surface area contributed by atoms with E-state index in [1.807, 2.05) is 30.5 Å². The number of aromatic nitrogens is 3. The number of hydrogen-bond acceptors (Lipinski definition) is 5. The molecule has 0 radical (unpaired) electrons. The third-order valence-corrected chi connectivity index (χ3v) is 4.11. The molecule has 0 unspecified atom stereocenters. The zero-order valence-electron chi connectivity index (χ0n) is 13.7. The van der Waals surface area contributed by atoms with Crippen LogP contribution in [0.1, 0.15) is 10.4 Å². The van der Waals surface area contributed by atoms with Crippen molar-refractivity contribution in [2.24, 2.45) is 5.73 Å². The summed E-state index contributed by atoms with van der Waals surface area (Å²) in [5.41, 5.74) is 15.0. The van der Waals surface area contributed by atoms with Crippen LogP contribution in [0.25, 0.3) is 22.2 Å². The summed E-state index contributed by atoms with van der Waals surface area (Å²) < 4.78 is 0. The number of carbonyl (C=O) groups excluding carboxylic acids is 1. The van der Waals surface area contributed by atoms with E-state index in [9.17, 15) is 4.79 Å². The number of H-pyrrole nitrogens is 1. The van der Waals surface area contributed by atoms with Crippen molar-refractivity contribution in [3.8, 4) is 11.3 Å². The van der Waals surface area contributed by atoms with Crippen molar-refractivity contribution in [2.75, 3.05) is 11.1 Å². The molecular formula is C19H16N6O. The van der Waals surface area contributed by atoms with Gasteiger partial charge in [0, 0.05) is 33.9 Å².